The van der Waals surface area contributed by atoms with Gasteiger partial charge in [-0.1, -0.05) is 30.3 Å². The molecule has 0 aromatic heterocycles. The van der Waals surface area contributed by atoms with E-state index in [0.717, 1.165) is 18.5 Å². The van der Waals surface area contributed by atoms with E-state index >= 15 is 0 Å². The van der Waals surface area contributed by atoms with E-state index < -0.39 is 23.7 Å². The Hall–Kier alpha value is -2.87. The van der Waals surface area contributed by atoms with Gasteiger partial charge in [-0.2, -0.15) is 0 Å². The maximum atomic E-state index is 12.9. The quantitative estimate of drug-likeness (QED) is 0.743. The second kappa shape index (κ2) is 9.30. The second-order valence-corrected chi connectivity index (χ2v) is 8.50. The molecule has 1 N–H and O–H groups in total. The highest BCUT2D eigenvalue weighted by molar-refractivity contribution is 5.89. The first-order valence-corrected chi connectivity index (χ1v) is 10.1. The molecule has 162 valence electrons. The minimum atomic E-state index is -0.731. The molecule has 8 nitrogen and oxygen atoms in total. The molecule has 0 radical (unpaired) electrons. The number of amides is 2. The summed E-state index contributed by atoms with van der Waals surface area (Å²) in [7, 11) is 0. The van der Waals surface area contributed by atoms with Crippen LogP contribution in [0.15, 0.2) is 42.7 Å². The van der Waals surface area contributed by atoms with E-state index in [9.17, 15) is 14.4 Å². The van der Waals surface area contributed by atoms with Gasteiger partial charge in [-0.3, -0.25) is 9.69 Å². The first-order valence-electron chi connectivity index (χ1n) is 10.1. The van der Waals surface area contributed by atoms with Crippen molar-refractivity contribution in [2.45, 2.75) is 45.4 Å². The van der Waals surface area contributed by atoms with Crippen molar-refractivity contribution < 1.29 is 23.9 Å². The van der Waals surface area contributed by atoms with Crippen LogP contribution in [0.5, 0.6) is 0 Å². The van der Waals surface area contributed by atoms with Crippen molar-refractivity contribution in [2.75, 3.05) is 19.6 Å². The lowest BCUT2D eigenvalue weighted by molar-refractivity contribution is -0.165. The minimum absolute atomic E-state index is 0.0509. The third kappa shape index (κ3) is 5.60. The van der Waals surface area contributed by atoms with Gasteiger partial charge < -0.3 is 19.7 Å². The summed E-state index contributed by atoms with van der Waals surface area (Å²) < 4.78 is 10.9. The van der Waals surface area contributed by atoms with Gasteiger partial charge in [0.2, 0.25) is 5.91 Å². The molecule has 0 bridgehead atoms. The molecule has 2 aliphatic rings. The summed E-state index contributed by atoms with van der Waals surface area (Å²) in [6.07, 6.45) is 3.11. The molecule has 2 atom stereocenters. The number of hydrogen-bond donors (Lipinski definition) is 1. The topological polar surface area (TPSA) is 88.2 Å². The smallest absolute Gasteiger partial charge is 0.414 e. The van der Waals surface area contributed by atoms with Crippen molar-refractivity contribution in [1.29, 1.82) is 0 Å². The Balaban J connectivity index is 1.68. The van der Waals surface area contributed by atoms with Crippen LogP contribution in [-0.4, -0.2) is 59.0 Å². The molecular formula is C22H29N3O5. The van der Waals surface area contributed by atoms with Gasteiger partial charge in [0.15, 0.2) is 0 Å². The van der Waals surface area contributed by atoms with Crippen LogP contribution in [0.25, 0.3) is 0 Å². The van der Waals surface area contributed by atoms with Gasteiger partial charge >= 0.3 is 12.1 Å². The largest absolute Gasteiger partial charge is 0.458 e. The molecule has 2 heterocycles. The van der Waals surface area contributed by atoms with E-state index in [0.29, 0.717) is 6.54 Å². The maximum absolute atomic E-state index is 12.9. The average molecular weight is 415 g/mol. The second-order valence-electron chi connectivity index (χ2n) is 8.50. The Kier molecular flexibility index (Phi) is 6.77. The maximum Gasteiger partial charge on any atom is 0.414 e. The van der Waals surface area contributed by atoms with Crippen LogP contribution in [-0.2, 0) is 25.7 Å². The lowest BCUT2D eigenvalue weighted by Gasteiger charge is -2.36. The van der Waals surface area contributed by atoms with Crippen molar-refractivity contribution in [1.82, 2.24) is 15.1 Å². The summed E-state index contributed by atoms with van der Waals surface area (Å²) in [5.41, 5.74) is 0.204. The standard InChI is InChI=1S/C22H29N3O5/c1-22(2,3)30-20(27)19(17-9-10-23-13-17)25-12-11-24(14-18(25)26)21(28)29-15-16-7-5-4-6-8-16/h4-8,11-12,17,19,23H,9-10,13-15H2,1-3H3. The third-order valence-corrected chi connectivity index (χ3v) is 4.93. The normalized spacial score (nSPS) is 20.2. The van der Waals surface area contributed by atoms with Crippen LogP contribution in [0.3, 0.4) is 0 Å². The third-order valence-electron chi connectivity index (χ3n) is 4.93. The molecule has 8 heteroatoms. The molecular weight excluding hydrogens is 386 g/mol. The molecule has 0 spiro atoms. The summed E-state index contributed by atoms with van der Waals surface area (Å²) >= 11 is 0. The summed E-state index contributed by atoms with van der Waals surface area (Å²) in [5, 5.41) is 3.23. The number of benzene rings is 1. The first-order chi connectivity index (χ1) is 14.2. The summed E-state index contributed by atoms with van der Waals surface area (Å²) in [6, 6.07) is 8.58. The van der Waals surface area contributed by atoms with Crippen molar-refractivity contribution >= 4 is 18.0 Å². The van der Waals surface area contributed by atoms with Crippen molar-refractivity contribution in [2.24, 2.45) is 5.92 Å². The molecule has 2 amide bonds. The van der Waals surface area contributed by atoms with E-state index in [1.165, 1.54) is 22.2 Å². The van der Waals surface area contributed by atoms with Crippen LogP contribution >= 0.6 is 0 Å². The number of rotatable bonds is 5. The fourth-order valence-corrected chi connectivity index (χ4v) is 3.53. The van der Waals surface area contributed by atoms with E-state index in [1.54, 1.807) is 20.8 Å². The predicted molar refractivity (Wildman–Crippen MR) is 110 cm³/mol. The molecule has 1 aromatic carbocycles. The fraction of sp³-hybridized carbons (Fsp3) is 0.500. The zero-order valence-corrected chi connectivity index (χ0v) is 17.7. The monoisotopic (exact) mass is 415 g/mol. The summed E-state index contributed by atoms with van der Waals surface area (Å²) in [5.74, 6) is -0.837. The van der Waals surface area contributed by atoms with Crippen LogP contribution in [0.4, 0.5) is 4.79 Å². The number of hydrogen-bond acceptors (Lipinski definition) is 6. The fourth-order valence-electron chi connectivity index (χ4n) is 3.53. The van der Waals surface area contributed by atoms with E-state index in [-0.39, 0.29) is 25.0 Å². The van der Waals surface area contributed by atoms with Crippen LogP contribution < -0.4 is 5.32 Å². The molecule has 1 aromatic rings. The van der Waals surface area contributed by atoms with E-state index in [4.69, 9.17) is 9.47 Å². The molecule has 2 aliphatic heterocycles. The lowest BCUT2D eigenvalue weighted by Crippen LogP contribution is -2.53. The highest BCUT2D eigenvalue weighted by atomic mass is 16.6. The molecule has 2 unspecified atom stereocenters. The Morgan fingerprint density at radius 2 is 1.93 bits per heavy atom. The van der Waals surface area contributed by atoms with Crippen molar-refractivity contribution in [3.8, 4) is 0 Å². The van der Waals surface area contributed by atoms with E-state index in [2.05, 4.69) is 5.32 Å². The number of nitrogens with zero attached hydrogens (tertiary/aromatic N) is 2. The van der Waals surface area contributed by atoms with Crippen LogP contribution in [0.2, 0.25) is 0 Å². The van der Waals surface area contributed by atoms with Crippen molar-refractivity contribution in [3.05, 3.63) is 48.3 Å². The Labute approximate surface area is 176 Å². The highest BCUT2D eigenvalue weighted by Crippen LogP contribution is 2.24. The number of carbonyl (C=O) groups excluding carboxylic acids is 3. The van der Waals surface area contributed by atoms with Gasteiger partial charge in [-0.25, -0.2) is 9.59 Å². The molecule has 0 saturated carbocycles. The van der Waals surface area contributed by atoms with Gasteiger partial charge in [-0.05, 0) is 39.3 Å². The van der Waals surface area contributed by atoms with Gasteiger partial charge in [0, 0.05) is 24.9 Å². The van der Waals surface area contributed by atoms with Crippen molar-refractivity contribution in [3.63, 3.8) is 0 Å². The number of ether oxygens (including phenoxy) is 2. The Bertz CT molecular complexity index is 797. The SMILES string of the molecule is CC(C)(C)OC(=O)C(C1CCNC1)N1C=CN(C(=O)OCc2ccccc2)CC1=O. The number of esters is 1. The first kappa shape index (κ1) is 21.8. The Morgan fingerprint density at radius 1 is 1.20 bits per heavy atom. The lowest BCUT2D eigenvalue weighted by atomic mass is 9.96. The van der Waals surface area contributed by atoms with Crippen LogP contribution in [0.1, 0.15) is 32.8 Å². The number of nitrogens with one attached hydrogen (secondary N) is 1. The molecule has 0 aliphatic carbocycles. The number of carbonyl (C=O) groups is 3. The molecule has 1 saturated heterocycles. The Morgan fingerprint density at radius 3 is 2.53 bits per heavy atom. The molecule has 1 fully saturated rings. The zero-order valence-electron chi connectivity index (χ0n) is 17.7. The summed E-state index contributed by atoms with van der Waals surface area (Å²) in [6.45, 7) is 6.74. The minimum Gasteiger partial charge on any atom is -0.458 e. The molecule has 3 rings (SSSR count). The molecule has 30 heavy (non-hydrogen) atoms. The van der Waals surface area contributed by atoms with Gasteiger partial charge in [0.1, 0.15) is 24.8 Å². The predicted octanol–water partition coefficient (Wildman–Crippen LogP) is 2.26. The van der Waals surface area contributed by atoms with Crippen LogP contribution in [0, 0.1) is 5.92 Å². The average Bonchev–Trinajstić information content (AvgIpc) is 3.21. The van der Waals surface area contributed by atoms with E-state index in [1.807, 2.05) is 30.3 Å². The van der Waals surface area contributed by atoms with Gasteiger partial charge in [-0.15, -0.1) is 0 Å². The zero-order chi connectivity index (χ0) is 21.7. The van der Waals surface area contributed by atoms with Gasteiger partial charge in [0.05, 0.1) is 0 Å². The highest BCUT2D eigenvalue weighted by Gasteiger charge is 2.41. The van der Waals surface area contributed by atoms with Gasteiger partial charge in [0.25, 0.3) is 0 Å². The summed E-state index contributed by atoms with van der Waals surface area (Å²) in [4.78, 5) is 40.7.